The molecule has 1 aliphatic rings. The Morgan fingerprint density at radius 1 is 1.26 bits per heavy atom. The van der Waals surface area contributed by atoms with Crippen LogP contribution in [0.1, 0.15) is 25.7 Å². The zero-order chi connectivity index (χ0) is 13.5. The summed E-state index contributed by atoms with van der Waals surface area (Å²) in [6, 6.07) is 8.63. The van der Waals surface area contributed by atoms with Crippen molar-refractivity contribution < 1.29 is 5.11 Å². The standard InChI is InChI=1S/C15H22ClNOS/c16-13-4-6-15(7-5-13)19-12-10-17-9-2-1-3-14(17)8-11-18/h4-7,14,18H,1-3,8-12H2. The van der Waals surface area contributed by atoms with Crippen LogP contribution in [0.4, 0.5) is 0 Å². The zero-order valence-corrected chi connectivity index (χ0v) is 12.8. The van der Waals surface area contributed by atoms with Gasteiger partial charge < -0.3 is 5.11 Å². The number of benzene rings is 1. The Labute approximate surface area is 125 Å². The minimum Gasteiger partial charge on any atom is -0.396 e. The third-order valence-corrected chi connectivity index (χ3v) is 4.92. The highest BCUT2D eigenvalue weighted by Crippen LogP contribution is 2.23. The van der Waals surface area contributed by atoms with Crippen molar-refractivity contribution in [3.63, 3.8) is 0 Å². The van der Waals surface area contributed by atoms with Gasteiger partial charge in [-0.15, -0.1) is 11.8 Å². The van der Waals surface area contributed by atoms with Crippen LogP contribution in [-0.2, 0) is 0 Å². The van der Waals surface area contributed by atoms with Crippen LogP contribution < -0.4 is 0 Å². The quantitative estimate of drug-likeness (QED) is 0.811. The third-order valence-electron chi connectivity index (χ3n) is 3.67. The Morgan fingerprint density at radius 3 is 2.79 bits per heavy atom. The average molecular weight is 300 g/mol. The Morgan fingerprint density at radius 2 is 2.05 bits per heavy atom. The number of thioether (sulfide) groups is 1. The van der Waals surface area contributed by atoms with E-state index in [2.05, 4.69) is 17.0 Å². The van der Waals surface area contributed by atoms with Gasteiger partial charge in [-0.1, -0.05) is 18.0 Å². The molecule has 1 unspecified atom stereocenters. The molecule has 1 aromatic carbocycles. The topological polar surface area (TPSA) is 23.5 Å². The van der Waals surface area contributed by atoms with Crippen molar-refractivity contribution in [3.8, 4) is 0 Å². The molecule has 1 N–H and O–H groups in total. The maximum absolute atomic E-state index is 9.12. The number of likely N-dealkylation sites (tertiary alicyclic amines) is 1. The molecule has 1 aromatic rings. The number of aliphatic hydroxyl groups is 1. The van der Waals surface area contributed by atoms with Crippen molar-refractivity contribution in [2.24, 2.45) is 0 Å². The summed E-state index contributed by atoms with van der Waals surface area (Å²) in [6.45, 7) is 2.61. The zero-order valence-electron chi connectivity index (χ0n) is 11.2. The highest BCUT2D eigenvalue weighted by atomic mass is 35.5. The minimum atomic E-state index is 0.311. The number of halogens is 1. The molecule has 0 aromatic heterocycles. The molecule has 0 saturated carbocycles. The summed E-state index contributed by atoms with van der Waals surface area (Å²) in [6.07, 6.45) is 4.77. The van der Waals surface area contributed by atoms with E-state index in [9.17, 15) is 0 Å². The molecule has 2 nitrogen and oxygen atoms in total. The van der Waals surface area contributed by atoms with Gasteiger partial charge in [0, 0.05) is 34.9 Å². The first-order valence-corrected chi connectivity index (χ1v) is 8.39. The first-order chi connectivity index (χ1) is 9.29. The van der Waals surface area contributed by atoms with Gasteiger partial charge in [-0.25, -0.2) is 0 Å². The van der Waals surface area contributed by atoms with Gasteiger partial charge in [0.1, 0.15) is 0 Å². The summed E-state index contributed by atoms with van der Waals surface area (Å²) in [7, 11) is 0. The number of hydrogen-bond acceptors (Lipinski definition) is 3. The molecule has 1 saturated heterocycles. The summed E-state index contributed by atoms with van der Waals surface area (Å²) < 4.78 is 0. The molecule has 0 spiro atoms. The Hall–Kier alpha value is -0.220. The van der Waals surface area contributed by atoms with Gasteiger partial charge in [0.05, 0.1) is 0 Å². The largest absolute Gasteiger partial charge is 0.396 e. The molecule has 1 atom stereocenters. The van der Waals surface area contributed by atoms with Gasteiger partial charge in [0.15, 0.2) is 0 Å². The highest BCUT2D eigenvalue weighted by molar-refractivity contribution is 7.99. The first kappa shape index (κ1) is 15.2. The number of aliphatic hydroxyl groups excluding tert-OH is 1. The normalized spacial score (nSPS) is 20.6. The molecular formula is C15H22ClNOS. The molecule has 2 rings (SSSR count). The van der Waals surface area contributed by atoms with Crippen molar-refractivity contribution in [1.29, 1.82) is 0 Å². The van der Waals surface area contributed by atoms with Crippen molar-refractivity contribution in [1.82, 2.24) is 4.90 Å². The van der Waals surface area contributed by atoms with E-state index < -0.39 is 0 Å². The number of piperidine rings is 1. The summed E-state index contributed by atoms with van der Waals surface area (Å²) in [5.41, 5.74) is 0. The summed E-state index contributed by atoms with van der Waals surface area (Å²) >= 11 is 7.76. The number of nitrogens with zero attached hydrogens (tertiary/aromatic N) is 1. The molecule has 0 aliphatic carbocycles. The highest BCUT2D eigenvalue weighted by Gasteiger charge is 2.21. The van der Waals surface area contributed by atoms with E-state index in [1.54, 1.807) is 0 Å². The number of hydrogen-bond donors (Lipinski definition) is 1. The summed E-state index contributed by atoms with van der Waals surface area (Å²) in [5.74, 6) is 1.10. The van der Waals surface area contributed by atoms with E-state index in [-0.39, 0.29) is 0 Å². The molecule has 1 heterocycles. The Bertz CT molecular complexity index is 369. The SMILES string of the molecule is OCCC1CCCCN1CCSc1ccc(Cl)cc1. The van der Waals surface area contributed by atoms with Crippen LogP contribution in [-0.4, -0.2) is 41.5 Å². The van der Waals surface area contributed by atoms with Gasteiger partial charge in [-0.3, -0.25) is 4.90 Å². The fourth-order valence-corrected chi connectivity index (χ4v) is 3.66. The van der Waals surface area contributed by atoms with Crippen LogP contribution in [0.5, 0.6) is 0 Å². The molecule has 106 valence electrons. The van der Waals surface area contributed by atoms with Crippen molar-refractivity contribution in [2.45, 2.75) is 36.6 Å². The maximum Gasteiger partial charge on any atom is 0.0445 e. The van der Waals surface area contributed by atoms with E-state index in [1.165, 1.54) is 30.7 Å². The lowest BCUT2D eigenvalue weighted by molar-refractivity contribution is 0.126. The van der Waals surface area contributed by atoms with Gasteiger partial charge in [-0.05, 0) is 50.1 Å². The van der Waals surface area contributed by atoms with Crippen molar-refractivity contribution in [2.75, 3.05) is 25.4 Å². The van der Waals surface area contributed by atoms with Crippen LogP contribution >= 0.6 is 23.4 Å². The number of rotatable bonds is 6. The van der Waals surface area contributed by atoms with Crippen LogP contribution in [0.2, 0.25) is 5.02 Å². The molecule has 1 fully saturated rings. The fourth-order valence-electron chi connectivity index (χ4n) is 2.64. The second kappa shape index (κ2) is 8.15. The monoisotopic (exact) mass is 299 g/mol. The van der Waals surface area contributed by atoms with Gasteiger partial charge >= 0.3 is 0 Å². The summed E-state index contributed by atoms with van der Waals surface area (Å²) in [5, 5.41) is 9.92. The second-order valence-corrected chi connectivity index (χ2v) is 6.61. The van der Waals surface area contributed by atoms with Gasteiger partial charge in [-0.2, -0.15) is 0 Å². The van der Waals surface area contributed by atoms with Crippen molar-refractivity contribution in [3.05, 3.63) is 29.3 Å². The molecule has 19 heavy (non-hydrogen) atoms. The minimum absolute atomic E-state index is 0.311. The second-order valence-electron chi connectivity index (χ2n) is 5.00. The predicted molar refractivity (Wildman–Crippen MR) is 83.1 cm³/mol. The first-order valence-electron chi connectivity index (χ1n) is 7.03. The van der Waals surface area contributed by atoms with Crippen molar-refractivity contribution >= 4 is 23.4 Å². The predicted octanol–water partition coefficient (Wildman–Crippen LogP) is 3.67. The van der Waals surface area contributed by atoms with E-state index in [1.807, 2.05) is 23.9 Å². The van der Waals surface area contributed by atoms with Crippen LogP contribution in [0, 0.1) is 0 Å². The molecule has 4 heteroatoms. The van der Waals surface area contributed by atoms with Crippen LogP contribution in [0.15, 0.2) is 29.2 Å². The Kier molecular flexibility index (Phi) is 6.51. The van der Waals surface area contributed by atoms with E-state index in [0.717, 1.165) is 23.7 Å². The third kappa shape index (κ3) is 4.99. The molecule has 0 bridgehead atoms. The van der Waals surface area contributed by atoms with Gasteiger partial charge in [0.2, 0.25) is 0 Å². The van der Waals surface area contributed by atoms with Gasteiger partial charge in [0.25, 0.3) is 0 Å². The van der Waals surface area contributed by atoms with Crippen LogP contribution in [0.25, 0.3) is 0 Å². The Balaban J connectivity index is 1.75. The average Bonchev–Trinajstić information content (AvgIpc) is 2.43. The van der Waals surface area contributed by atoms with Crippen LogP contribution in [0.3, 0.4) is 0 Å². The molecule has 1 aliphatic heterocycles. The van der Waals surface area contributed by atoms with E-state index >= 15 is 0 Å². The lowest BCUT2D eigenvalue weighted by Gasteiger charge is -2.35. The fraction of sp³-hybridized carbons (Fsp3) is 0.600. The molecule has 0 amide bonds. The van der Waals surface area contributed by atoms with E-state index in [0.29, 0.717) is 12.6 Å². The lowest BCUT2D eigenvalue weighted by Crippen LogP contribution is -2.41. The lowest BCUT2D eigenvalue weighted by atomic mass is 10.00. The van der Waals surface area contributed by atoms with E-state index in [4.69, 9.17) is 16.7 Å². The maximum atomic E-state index is 9.12. The molecular weight excluding hydrogens is 278 g/mol. The smallest absolute Gasteiger partial charge is 0.0445 e. The summed E-state index contributed by atoms with van der Waals surface area (Å²) in [4.78, 5) is 3.82. The molecule has 0 radical (unpaired) electrons.